The Kier molecular flexibility index (Phi) is 6.34. The molecule has 1 aliphatic carbocycles. The third kappa shape index (κ3) is 5.07. The molecule has 0 aromatic heterocycles. The second-order valence-electron chi connectivity index (χ2n) is 5.99. The molecule has 22 heavy (non-hydrogen) atoms. The van der Waals surface area contributed by atoms with E-state index >= 15 is 0 Å². The summed E-state index contributed by atoms with van der Waals surface area (Å²) in [6, 6.07) is 5.73. The van der Waals surface area contributed by atoms with Crippen LogP contribution in [-0.2, 0) is 9.53 Å². The summed E-state index contributed by atoms with van der Waals surface area (Å²) >= 11 is 0. The number of ether oxygens (including phenoxy) is 1. The van der Waals surface area contributed by atoms with E-state index in [2.05, 4.69) is 12.2 Å². The van der Waals surface area contributed by atoms with Crippen molar-refractivity contribution in [2.24, 2.45) is 5.92 Å². The summed E-state index contributed by atoms with van der Waals surface area (Å²) in [5.74, 6) is -0.176. The van der Waals surface area contributed by atoms with Crippen molar-refractivity contribution < 1.29 is 19.0 Å². The molecule has 1 aliphatic rings. The van der Waals surface area contributed by atoms with Crippen LogP contribution in [-0.4, -0.2) is 30.3 Å². The van der Waals surface area contributed by atoms with Gasteiger partial charge in [0.1, 0.15) is 12.4 Å². The molecule has 122 valence electrons. The lowest BCUT2D eigenvalue weighted by Crippen LogP contribution is -2.35. The maximum Gasteiger partial charge on any atom is 0.246 e. The fraction of sp³-hybridized carbons (Fsp3) is 0.588. The first-order chi connectivity index (χ1) is 10.6. The van der Waals surface area contributed by atoms with Gasteiger partial charge in [-0.2, -0.15) is 0 Å². The number of hydrogen-bond acceptors (Lipinski definition) is 3. The van der Waals surface area contributed by atoms with Crippen LogP contribution in [0.5, 0.6) is 0 Å². The number of nitrogens with one attached hydrogen (secondary N) is 1. The van der Waals surface area contributed by atoms with Gasteiger partial charge in [-0.1, -0.05) is 31.9 Å². The number of halogens is 1. The van der Waals surface area contributed by atoms with Crippen LogP contribution in [0.2, 0.25) is 0 Å². The predicted molar refractivity (Wildman–Crippen MR) is 81.7 cm³/mol. The fourth-order valence-corrected chi connectivity index (χ4v) is 2.81. The van der Waals surface area contributed by atoms with Crippen molar-refractivity contribution in [2.45, 2.75) is 44.8 Å². The normalized spacial score (nSPS) is 23.0. The molecule has 3 atom stereocenters. The molecule has 0 heterocycles. The van der Waals surface area contributed by atoms with Crippen molar-refractivity contribution in [3.05, 3.63) is 35.6 Å². The molecule has 4 nitrogen and oxygen atoms in total. The average molecular weight is 309 g/mol. The van der Waals surface area contributed by atoms with Crippen LogP contribution in [0.4, 0.5) is 4.39 Å². The van der Waals surface area contributed by atoms with Crippen molar-refractivity contribution in [3.63, 3.8) is 0 Å². The molecule has 0 saturated heterocycles. The number of hydrogen-bond donors (Lipinski definition) is 2. The molecular weight excluding hydrogens is 285 g/mol. The third-order valence-corrected chi connectivity index (χ3v) is 4.19. The highest BCUT2D eigenvalue weighted by Gasteiger charge is 2.22. The highest BCUT2D eigenvalue weighted by Crippen LogP contribution is 2.26. The summed E-state index contributed by atoms with van der Waals surface area (Å²) in [5, 5.41) is 12.5. The maximum absolute atomic E-state index is 13.1. The molecule has 1 fully saturated rings. The number of aliphatic hydroxyl groups excluding tert-OH is 1. The molecule has 0 spiro atoms. The van der Waals surface area contributed by atoms with Crippen LogP contribution in [0.15, 0.2) is 24.3 Å². The quantitative estimate of drug-likeness (QED) is 0.849. The molecule has 0 radical (unpaired) electrons. The lowest BCUT2D eigenvalue weighted by Gasteiger charge is -2.28. The van der Waals surface area contributed by atoms with Gasteiger partial charge in [0.25, 0.3) is 0 Å². The first kappa shape index (κ1) is 16.9. The van der Waals surface area contributed by atoms with Crippen LogP contribution in [0, 0.1) is 11.7 Å². The van der Waals surface area contributed by atoms with Crippen molar-refractivity contribution in [3.8, 4) is 0 Å². The second-order valence-corrected chi connectivity index (χ2v) is 5.99. The molecule has 1 saturated carbocycles. The Labute approximate surface area is 130 Å². The first-order valence-corrected chi connectivity index (χ1v) is 7.88. The predicted octanol–water partition coefficient (Wildman–Crippen LogP) is 2.57. The Bertz CT molecular complexity index is 495. The number of benzene rings is 1. The van der Waals surface area contributed by atoms with Gasteiger partial charge in [0.2, 0.25) is 5.91 Å². The van der Waals surface area contributed by atoms with E-state index in [0.29, 0.717) is 11.5 Å². The van der Waals surface area contributed by atoms with Gasteiger partial charge < -0.3 is 15.2 Å². The summed E-state index contributed by atoms with van der Waals surface area (Å²) in [6.07, 6.45) is 3.74. The number of amides is 1. The SMILES string of the molecule is C[C@@H]1CCCC[C@H]1OCC(=O)NC[C@H](O)c1cccc(F)c1. The molecule has 0 bridgehead atoms. The summed E-state index contributed by atoms with van der Waals surface area (Å²) < 4.78 is 18.7. The number of aliphatic hydroxyl groups is 1. The lowest BCUT2D eigenvalue weighted by atomic mass is 9.88. The van der Waals surface area contributed by atoms with Gasteiger partial charge in [-0.25, -0.2) is 4.39 Å². The molecule has 5 heteroatoms. The Balaban J connectivity index is 1.71. The van der Waals surface area contributed by atoms with Crippen molar-refractivity contribution in [1.29, 1.82) is 0 Å². The van der Waals surface area contributed by atoms with Gasteiger partial charge in [-0.05, 0) is 36.5 Å². The minimum Gasteiger partial charge on any atom is -0.387 e. The molecule has 1 aromatic rings. The van der Waals surface area contributed by atoms with E-state index in [9.17, 15) is 14.3 Å². The third-order valence-electron chi connectivity index (χ3n) is 4.19. The van der Waals surface area contributed by atoms with Crippen LogP contribution in [0.1, 0.15) is 44.3 Å². The van der Waals surface area contributed by atoms with Gasteiger partial charge >= 0.3 is 0 Å². The Morgan fingerprint density at radius 1 is 1.45 bits per heavy atom. The molecular formula is C17H24FNO3. The fourth-order valence-electron chi connectivity index (χ4n) is 2.81. The Hall–Kier alpha value is -1.46. The van der Waals surface area contributed by atoms with Crippen molar-refractivity contribution >= 4 is 5.91 Å². The van der Waals surface area contributed by atoms with Crippen molar-refractivity contribution in [2.75, 3.05) is 13.2 Å². The Morgan fingerprint density at radius 2 is 2.23 bits per heavy atom. The minimum absolute atomic E-state index is 0.00484. The van der Waals surface area contributed by atoms with Gasteiger partial charge in [0, 0.05) is 6.54 Å². The molecule has 2 rings (SSSR count). The smallest absolute Gasteiger partial charge is 0.246 e. The van der Waals surface area contributed by atoms with Gasteiger partial charge in [0.05, 0.1) is 12.2 Å². The molecule has 2 N–H and O–H groups in total. The molecule has 1 aromatic carbocycles. The number of carbonyl (C=O) groups excluding carboxylic acids is 1. The second kappa shape index (κ2) is 8.25. The highest BCUT2D eigenvalue weighted by atomic mass is 19.1. The zero-order valence-electron chi connectivity index (χ0n) is 12.9. The van der Waals surface area contributed by atoms with Crippen LogP contribution < -0.4 is 5.32 Å². The lowest BCUT2D eigenvalue weighted by molar-refractivity contribution is -0.130. The van der Waals surface area contributed by atoms with E-state index < -0.39 is 11.9 Å². The van der Waals surface area contributed by atoms with Crippen LogP contribution >= 0.6 is 0 Å². The maximum atomic E-state index is 13.1. The van der Waals surface area contributed by atoms with Gasteiger partial charge in [-0.3, -0.25) is 4.79 Å². The Morgan fingerprint density at radius 3 is 2.95 bits per heavy atom. The van der Waals surface area contributed by atoms with E-state index in [0.717, 1.165) is 19.3 Å². The number of rotatable bonds is 6. The highest BCUT2D eigenvalue weighted by molar-refractivity contribution is 5.77. The summed E-state index contributed by atoms with van der Waals surface area (Å²) in [6.45, 7) is 2.20. The van der Waals surface area contributed by atoms with E-state index in [4.69, 9.17) is 4.74 Å². The first-order valence-electron chi connectivity index (χ1n) is 7.88. The van der Waals surface area contributed by atoms with E-state index in [1.807, 2.05) is 0 Å². The standard InChI is InChI=1S/C17H24FNO3/c1-12-5-2-3-8-16(12)22-11-17(21)19-10-15(20)13-6-4-7-14(18)9-13/h4,6-7,9,12,15-16,20H,2-3,5,8,10-11H2,1H3,(H,19,21)/t12-,15+,16-/m1/s1. The summed E-state index contributed by atoms with van der Waals surface area (Å²) in [5.41, 5.74) is 0.446. The molecule has 0 unspecified atom stereocenters. The average Bonchev–Trinajstić information content (AvgIpc) is 2.52. The minimum atomic E-state index is -0.923. The van der Waals surface area contributed by atoms with Crippen LogP contribution in [0.25, 0.3) is 0 Å². The molecule has 0 aliphatic heterocycles. The monoisotopic (exact) mass is 309 g/mol. The zero-order valence-corrected chi connectivity index (χ0v) is 12.9. The van der Waals surface area contributed by atoms with E-state index in [-0.39, 0.29) is 25.2 Å². The number of carbonyl (C=O) groups is 1. The van der Waals surface area contributed by atoms with E-state index in [1.165, 1.54) is 24.6 Å². The molecule has 1 amide bonds. The summed E-state index contributed by atoms with van der Waals surface area (Å²) in [7, 11) is 0. The van der Waals surface area contributed by atoms with Gasteiger partial charge in [-0.15, -0.1) is 0 Å². The van der Waals surface area contributed by atoms with Crippen molar-refractivity contribution in [1.82, 2.24) is 5.32 Å². The van der Waals surface area contributed by atoms with Crippen LogP contribution in [0.3, 0.4) is 0 Å². The zero-order chi connectivity index (χ0) is 15.9. The topological polar surface area (TPSA) is 58.6 Å². The largest absolute Gasteiger partial charge is 0.387 e. The van der Waals surface area contributed by atoms with E-state index in [1.54, 1.807) is 6.07 Å². The summed E-state index contributed by atoms with van der Waals surface area (Å²) in [4.78, 5) is 11.8. The van der Waals surface area contributed by atoms with Gasteiger partial charge in [0.15, 0.2) is 0 Å².